The van der Waals surface area contributed by atoms with Crippen LogP contribution in [-0.4, -0.2) is 25.8 Å². The number of anilines is 1. The Balaban J connectivity index is 3.08. The number of nitrogen functional groups attached to an aromatic ring is 1. The molecule has 2 N–H and O–H groups in total. The molecule has 17 heavy (non-hydrogen) atoms. The molecule has 5 heteroatoms. The molecule has 0 aliphatic heterocycles. The summed E-state index contributed by atoms with van der Waals surface area (Å²) in [5, 5.41) is 0. The lowest BCUT2D eigenvalue weighted by atomic mass is 10.3. The average Bonchev–Trinajstić information content (AvgIpc) is 2.29. The van der Waals surface area contributed by atoms with E-state index in [1.807, 2.05) is 6.92 Å². The van der Waals surface area contributed by atoms with Gasteiger partial charge in [0, 0.05) is 12.2 Å². The molecule has 0 unspecified atom stereocenters. The van der Waals surface area contributed by atoms with Gasteiger partial charge in [0.1, 0.15) is 0 Å². The Morgan fingerprint density at radius 1 is 1.35 bits per heavy atom. The van der Waals surface area contributed by atoms with E-state index in [0.29, 0.717) is 12.2 Å². The maximum absolute atomic E-state index is 12.2. The quantitative estimate of drug-likeness (QED) is 0.634. The van der Waals surface area contributed by atoms with Crippen LogP contribution in [-0.2, 0) is 10.0 Å². The first kappa shape index (κ1) is 13.6. The first-order chi connectivity index (χ1) is 8.02. The minimum Gasteiger partial charge on any atom is -0.399 e. The van der Waals surface area contributed by atoms with Gasteiger partial charge in [-0.3, -0.25) is 0 Å². The number of terminal acetylenes is 1. The van der Waals surface area contributed by atoms with Gasteiger partial charge in [-0.15, -0.1) is 6.42 Å². The normalized spacial score (nSPS) is 11.4. The van der Waals surface area contributed by atoms with Crippen LogP contribution in [0.4, 0.5) is 5.69 Å². The van der Waals surface area contributed by atoms with Gasteiger partial charge in [0.2, 0.25) is 10.0 Å². The molecular formula is C12H16N2O2S. The fourth-order valence-corrected chi connectivity index (χ4v) is 2.87. The van der Waals surface area contributed by atoms with Crippen molar-refractivity contribution in [2.75, 3.05) is 18.8 Å². The maximum Gasteiger partial charge on any atom is 0.243 e. The second kappa shape index (κ2) is 5.71. The van der Waals surface area contributed by atoms with E-state index < -0.39 is 10.0 Å². The fraction of sp³-hybridized carbons (Fsp3) is 0.333. The summed E-state index contributed by atoms with van der Waals surface area (Å²) in [5.74, 6) is 2.36. The van der Waals surface area contributed by atoms with E-state index in [1.165, 1.54) is 16.4 Å². The highest BCUT2D eigenvalue weighted by Gasteiger charge is 2.22. The van der Waals surface area contributed by atoms with Crippen LogP contribution in [0.3, 0.4) is 0 Å². The lowest BCUT2D eigenvalue weighted by Crippen LogP contribution is -2.32. The van der Waals surface area contributed by atoms with Gasteiger partial charge in [-0.2, -0.15) is 4.31 Å². The molecule has 0 bridgehead atoms. The van der Waals surface area contributed by atoms with Crippen molar-refractivity contribution in [3.05, 3.63) is 24.3 Å². The van der Waals surface area contributed by atoms with Crippen molar-refractivity contribution >= 4 is 15.7 Å². The third-order valence-corrected chi connectivity index (χ3v) is 4.12. The zero-order valence-corrected chi connectivity index (χ0v) is 10.6. The molecule has 0 radical (unpaired) electrons. The van der Waals surface area contributed by atoms with E-state index in [2.05, 4.69) is 5.92 Å². The number of rotatable bonds is 5. The lowest BCUT2D eigenvalue weighted by molar-refractivity contribution is 0.445. The number of sulfonamides is 1. The zero-order valence-electron chi connectivity index (χ0n) is 9.76. The molecule has 1 aromatic carbocycles. The van der Waals surface area contributed by atoms with Crippen LogP contribution in [0.2, 0.25) is 0 Å². The number of hydrogen-bond donors (Lipinski definition) is 1. The summed E-state index contributed by atoms with van der Waals surface area (Å²) in [5.41, 5.74) is 6.05. The van der Waals surface area contributed by atoms with E-state index in [-0.39, 0.29) is 11.4 Å². The first-order valence-corrected chi connectivity index (χ1v) is 6.75. The van der Waals surface area contributed by atoms with E-state index in [9.17, 15) is 8.42 Å². The number of hydrogen-bond acceptors (Lipinski definition) is 3. The van der Waals surface area contributed by atoms with Gasteiger partial charge in [0.25, 0.3) is 0 Å². The van der Waals surface area contributed by atoms with Crippen molar-refractivity contribution in [3.8, 4) is 12.3 Å². The highest BCUT2D eigenvalue weighted by atomic mass is 32.2. The van der Waals surface area contributed by atoms with Crippen LogP contribution in [0.25, 0.3) is 0 Å². The first-order valence-electron chi connectivity index (χ1n) is 5.31. The van der Waals surface area contributed by atoms with Gasteiger partial charge in [-0.1, -0.05) is 12.8 Å². The smallest absolute Gasteiger partial charge is 0.243 e. The Bertz CT molecular complexity index is 500. The van der Waals surface area contributed by atoms with Crippen molar-refractivity contribution in [3.63, 3.8) is 0 Å². The van der Waals surface area contributed by atoms with Crippen LogP contribution >= 0.6 is 0 Å². The van der Waals surface area contributed by atoms with Crippen LogP contribution < -0.4 is 5.73 Å². The summed E-state index contributed by atoms with van der Waals surface area (Å²) in [7, 11) is -3.51. The molecule has 0 aliphatic rings. The van der Waals surface area contributed by atoms with Gasteiger partial charge >= 0.3 is 0 Å². The topological polar surface area (TPSA) is 63.4 Å². The highest BCUT2D eigenvalue weighted by molar-refractivity contribution is 7.89. The molecular weight excluding hydrogens is 236 g/mol. The second-order valence-corrected chi connectivity index (χ2v) is 5.55. The molecule has 0 atom stereocenters. The van der Waals surface area contributed by atoms with Crippen LogP contribution in [0.5, 0.6) is 0 Å². The van der Waals surface area contributed by atoms with E-state index >= 15 is 0 Å². The minimum atomic E-state index is -3.51. The molecule has 0 heterocycles. The Morgan fingerprint density at radius 3 is 2.41 bits per heavy atom. The SMILES string of the molecule is C#CCN(CCC)S(=O)(=O)c1ccc(N)cc1. The number of nitrogens with zero attached hydrogens (tertiary/aromatic N) is 1. The van der Waals surface area contributed by atoms with E-state index in [1.54, 1.807) is 12.1 Å². The Labute approximate surface area is 102 Å². The van der Waals surface area contributed by atoms with Crippen molar-refractivity contribution < 1.29 is 8.42 Å². The fourth-order valence-electron chi connectivity index (χ4n) is 1.42. The summed E-state index contributed by atoms with van der Waals surface area (Å²) in [4.78, 5) is 0.218. The summed E-state index contributed by atoms with van der Waals surface area (Å²) in [6.45, 7) is 2.40. The molecule has 0 spiro atoms. The van der Waals surface area contributed by atoms with Crippen molar-refractivity contribution in [2.24, 2.45) is 0 Å². The van der Waals surface area contributed by atoms with Crippen molar-refractivity contribution in [1.29, 1.82) is 0 Å². The standard InChI is InChI=1S/C12H16N2O2S/c1-3-9-14(10-4-2)17(15,16)12-7-5-11(13)6-8-12/h1,5-8H,4,9-10,13H2,2H3. The van der Waals surface area contributed by atoms with Crippen LogP contribution in [0, 0.1) is 12.3 Å². The number of benzene rings is 1. The molecule has 92 valence electrons. The van der Waals surface area contributed by atoms with Gasteiger partial charge in [0.15, 0.2) is 0 Å². The molecule has 1 aromatic rings. The molecule has 0 fully saturated rings. The molecule has 0 amide bonds. The van der Waals surface area contributed by atoms with Gasteiger partial charge in [-0.05, 0) is 30.7 Å². The summed E-state index contributed by atoms with van der Waals surface area (Å²) >= 11 is 0. The largest absolute Gasteiger partial charge is 0.399 e. The second-order valence-electron chi connectivity index (χ2n) is 3.61. The zero-order chi connectivity index (χ0) is 12.9. The van der Waals surface area contributed by atoms with Gasteiger partial charge < -0.3 is 5.73 Å². The Hall–Kier alpha value is -1.51. The monoisotopic (exact) mass is 252 g/mol. The van der Waals surface area contributed by atoms with E-state index in [0.717, 1.165) is 6.42 Å². The average molecular weight is 252 g/mol. The molecule has 0 aromatic heterocycles. The maximum atomic E-state index is 12.2. The summed E-state index contributed by atoms with van der Waals surface area (Å²) in [6, 6.07) is 6.10. The number of nitrogens with two attached hydrogens (primary N) is 1. The van der Waals surface area contributed by atoms with Crippen molar-refractivity contribution in [1.82, 2.24) is 4.31 Å². The summed E-state index contributed by atoms with van der Waals surface area (Å²) in [6.07, 6.45) is 5.90. The Morgan fingerprint density at radius 2 is 1.94 bits per heavy atom. The van der Waals surface area contributed by atoms with Crippen LogP contribution in [0.1, 0.15) is 13.3 Å². The van der Waals surface area contributed by atoms with Crippen molar-refractivity contribution in [2.45, 2.75) is 18.2 Å². The van der Waals surface area contributed by atoms with Gasteiger partial charge in [0.05, 0.1) is 11.4 Å². The predicted octanol–water partition coefficient (Wildman–Crippen LogP) is 1.30. The lowest BCUT2D eigenvalue weighted by Gasteiger charge is -2.19. The molecule has 1 rings (SSSR count). The van der Waals surface area contributed by atoms with Crippen LogP contribution in [0.15, 0.2) is 29.2 Å². The molecule has 0 aliphatic carbocycles. The minimum absolute atomic E-state index is 0.0839. The highest BCUT2D eigenvalue weighted by Crippen LogP contribution is 2.17. The molecule has 0 saturated heterocycles. The van der Waals surface area contributed by atoms with Gasteiger partial charge in [-0.25, -0.2) is 8.42 Å². The summed E-state index contributed by atoms with van der Waals surface area (Å²) < 4.78 is 25.7. The molecule has 4 nitrogen and oxygen atoms in total. The third kappa shape index (κ3) is 3.22. The third-order valence-electron chi connectivity index (χ3n) is 2.26. The Kier molecular flexibility index (Phi) is 4.55. The van der Waals surface area contributed by atoms with E-state index in [4.69, 9.17) is 12.2 Å². The molecule has 0 saturated carbocycles. The predicted molar refractivity (Wildman–Crippen MR) is 68.7 cm³/mol.